The van der Waals surface area contributed by atoms with Gasteiger partial charge in [-0.3, -0.25) is 4.57 Å². The van der Waals surface area contributed by atoms with E-state index in [1.807, 2.05) is 32.9 Å². The van der Waals surface area contributed by atoms with Crippen molar-refractivity contribution >= 4 is 5.97 Å². The number of hydrogen-bond donors (Lipinski definition) is 0. The number of benzene rings is 1. The minimum Gasteiger partial charge on any atom is -0.456 e. The molecule has 0 atom stereocenters. The van der Waals surface area contributed by atoms with E-state index < -0.39 is 5.60 Å². The molecule has 1 aromatic carbocycles. The summed E-state index contributed by atoms with van der Waals surface area (Å²) in [7, 11) is 0. The van der Waals surface area contributed by atoms with Gasteiger partial charge in [0, 0.05) is 5.69 Å². The average Bonchev–Trinajstić information content (AvgIpc) is 2.92. The summed E-state index contributed by atoms with van der Waals surface area (Å²) in [4.78, 5) is 12.0. The van der Waals surface area contributed by atoms with Crippen molar-refractivity contribution in [2.24, 2.45) is 0 Å². The van der Waals surface area contributed by atoms with Crippen LogP contribution < -0.4 is 0 Å². The Balaban J connectivity index is 2.13. The zero-order valence-corrected chi connectivity index (χ0v) is 11.3. The van der Waals surface area contributed by atoms with Gasteiger partial charge in [-0.25, -0.2) is 4.79 Å². The van der Waals surface area contributed by atoms with Gasteiger partial charge in [0.2, 0.25) is 0 Å². The van der Waals surface area contributed by atoms with Crippen LogP contribution in [0.1, 0.15) is 37.6 Å². The highest BCUT2D eigenvalue weighted by molar-refractivity contribution is 5.89. The molecule has 100 valence electrons. The highest BCUT2D eigenvalue weighted by Gasteiger charge is 2.21. The fourth-order valence-electron chi connectivity index (χ4n) is 1.49. The van der Waals surface area contributed by atoms with E-state index in [1.165, 1.54) is 0 Å². The molecule has 0 spiro atoms. The standard InChI is InChI=1S/C14H17N3O2/c1-4-14(2,3)19-13(18)11-5-7-12(8-6-11)17-9-15-16-10-17/h5-10H,4H2,1-3H3. The second-order valence-electron chi connectivity index (χ2n) is 4.92. The lowest BCUT2D eigenvalue weighted by molar-refractivity contribution is -0.00243. The van der Waals surface area contributed by atoms with Gasteiger partial charge in [0.15, 0.2) is 0 Å². The molecule has 2 aromatic rings. The molecule has 19 heavy (non-hydrogen) atoms. The van der Waals surface area contributed by atoms with Crippen LogP contribution in [0.4, 0.5) is 0 Å². The fraction of sp³-hybridized carbons (Fsp3) is 0.357. The van der Waals surface area contributed by atoms with Crippen molar-refractivity contribution in [3.63, 3.8) is 0 Å². The van der Waals surface area contributed by atoms with Gasteiger partial charge in [-0.05, 0) is 44.5 Å². The normalized spacial score (nSPS) is 11.3. The third kappa shape index (κ3) is 3.19. The first-order chi connectivity index (χ1) is 9.02. The van der Waals surface area contributed by atoms with Gasteiger partial charge in [-0.2, -0.15) is 0 Å². The highest BCUT2D eigenvalue weighted by Crippen LogP contribution is 2.17. The molecule has 0 fully saturated rings. The van der Waals surface area contributed by atoms with Crippen LogP contribution in [0.2, 0.25) is 0 Å². The maximum atomic E-state index is 12.0. The van der Waals surface area contributed by atoms with Crippen LogP contribution in [0, 0.1) is 0 Å². The third-order valence-corrected chi connectivity index (χ3v) is 3.04. The molecule has 2 rings (SSSR count). The molecular weight excluding hydrogens is 242 g/mol. The summed E-state index contributed by atoms with van der Waals surface area (Å²) in [5.74, 6) is -0.304. The van der Waals surface area contributed by atoms with Crippen LogP contribution in [-0.2, 0) is 4.74 Å². The number of carbonyl (C=O) groups excluding carboxylic acids is 1. The zero-order chi connectivity index (χ0) is 13.9. The van der Waals surface area contributed by atoms with E-state index in [0.29, 0.717) is 5.56 Å². The summed E-state index contributed by atoms with van der Waals surface area (Å²) in [6, 6.07) is 7.14. The van der Waals surface area contributed by atoms with Crippen molar-refractivity contribution in [2.45, 2.75) is 32.8 Å². The molecule has 5 heteroatoms. The van der Waals surface area contributed by atoms with Crippen molar-refractivity contribution in [1.82, 2.24) is 14.8 Å². The monoisotopic (exact) mass is 259 g/mol. The van der Waals surface area contributed by atoms with Crippen molar-refractivity contribution in [3.8, 4) is 5.69 Å². The predicted molar refractivity (Wildman–Crippen MR) is 71.1 cm³/mol. The van der Waals surface area contributed by atoms with Gasteiger partial charge in [-0.15, -0.1) is 10.2 Å². The molecule has 0 saturated carbocycles. The molecule has 0 aliphatic heterocycles. The Bertz CT molecular complexity index is 545. The van der Waals surface area contributed by atoms with E-state index in [9.17, 15) is 4.79 Å². The molecule has 0 bridgehead atoms. The largest absolute Gasteiger partial charge is 0.456 e. The SMILES string of the molecule is CCC(C)(C)OC(=O)c1ccc(-n2cnnc2)cc1. The van der Waals surface area contributed by atoms with E-state index in [0.717, 1.165) is 12.1 Å². The Morgan fingerprint density at radius 1 is 1.21 bits per heavy atom. The number of ether oxygens (including phenoxy) is 1. The van der Waals surface area contributed by atoms with Gasteiger partial charge < -0.3 is 4.74 Å². The van der Waals surface area contributed by atoms with Crippen LogP contribution in [0.3, 0.4) is 0 Å². The maximum Gasteiger partial charge on any atom is 0.338 e. The molecule has 0 aliphatic rings. The molecule has 1 aromatic heterocycles. The number of aromatic nitrogens is 3. The Labute approximate surface area is 112 Å². The van der Waals surface area contributed by atoms with Crippen molar-refractivity contribution in [3.05, 3.63) is 42.5 Å². The smallest absolute Gasteiger partial charge is 0.338 e. The Morgan fingerprint density at radius 2 is 1.79 bits per heavy atom. The first-order valence-corrected chi connectivity index (χ1v) is 6.20. The summed E-state index contributed by atoms with van der Waals surface area (Å²) in [6.07, 6.45) is 3.98. The molecule has 0 radical (unpaired) electrons. The van der Waals surface area contributed by atoms with Gasteiger partial charge in [-0.1, -0.05) is 6.92 Å². The molecule has 0 unspecified atom stereocenters. The van der Waals surface area contributed by atoms with Crippen molar-refractivity contribution < 1.29 is 9.53 Å². The molecule has 0 N–H and O–H groups in total. The number of hydrogen-bond acceptors (Lipinski definition) is 4. The number of esters is 1. The third-order valence-electron chi connectivity index (χ3n) is 3.04. The predicted octanol–water partition coefficient (Wildman–Crippen LogP) is 2.61. The maximum absolute atomic E-state index is 12.0. The van der Waals surface area contributed by atoms with E-state index in [-0.39, 0.29) is 5.97 Å². The van der Waals surface area contributed by atoms with Gasteiger partial charge in [0.1, 0.15) is 18.3 Å². The summed E-state index contributed by atoms with van der Waals surface area (Å²) >= 11 is 0. The summed E-state index contributed by atoms with van der Waals surface area (Å²) in [6.45, 7) is 5.79. The number of rotatable bonds is 4. The van der Waals surface area contributed by atoms with E-state index in [4.69, 9.17) is 4.74 Å². The highest BCUT2D eigenvalue weighted by atomic mass is 16.6. The topological polar surface area (TPSA) is 57.0 Å². The van der Waals surface area contributed by atoms with Crippen molar-refractivity contribution in [2.75, 3.05) is 0 Å². The van der Waals surface area contributed by atoms with Crippen molar-refractivity contribution in [1.29, 1.82) is 0 Å². The zero-order valence-electron chi connectivity index (χ0n) is 11.3. The lowest BCUT2D eigenvalue weighted by atomic mass is 10.1. The first kappa shape index (κ1) is 13.3. The molecule has 0 amide bonds. The summed E-state index contributed by atoms with van der Waals surface area (Å²) < 4.78 is 7.20. The second-order valence-corrected chi connectivity index (χ2v) is 4.92. The van der Waals surface area contributed by atoms with Crippen LogP contribution in [-0.4, -0.2) is 26.3 Å². The van der Waals surface area contributed by atoms with Crippen LogP contribution >= 0.6 is 0 Å². The second kappa shape index (κ2) is 5.22. The van der Waals surface area contributed by atoms with Gasteiger partial charge in [0.25, 0.3) is 0 Å². The Morgan fingerprint density at radius 3 is 2.32 bits per heavy atom. The van der Waals surface area contributed by atoms with Gasteiger partial charge in [0.05, 0.1) is 5.56 Å². The van der Waals surface area contributed by atoms with E-state index in [1.54, 1.807) is 29.4 Å². The molecule has 1 heterocycles. The minimum atomic E-state index is -0.440. The Hall–Kier alpha value is -2.17. The summed E-state index contributed by atoms with van der Waals surface area (Å²) in [5.41, 5.74) is 0.999. The van der Waals surface area contributed by atoms with Gasteiger partial charge >= 0.3 is 5.97 Å². The van der Waals surface area contributed by atoms with Crippen LogP contribution in [0.25, 0.3) is 5.69 Å². The summed E-state index contributed by atoms with van der Waals surface area (Å²) in [5, 5.41) is 7.47. The number of nitrogens with zero attached hydrogens (tertiary/aromatic N) is 3. The van der Waals surface area contributed by atoms with E-state index >= 15 is 0 Å². The minimum absolute atomic E-state index is 0.304. The van der Waals surface area contributed by atoms with Crippen LogP contribution in [0.5, 0.6) is 0 Å². The fourth-order valence-corrected chi connectivity index (χ4v) is 1.49. The lowest BCUT2D eigenvalue weighted by Gasteiger charge is -2.23. The number of carbonyl (C=O) groups is 1. The van der Waals surface area contributed by atoms with E-state index in [2.05, 4.69) is 10.2 Å². The molecule has 0 saturated heterocycles. The Kier molecular flexibility index (Phi) is 3.64. The quantitative estimate of drug-likeness (QED) is 0.792. The molecular formula is C14H17N3O2. The first-order valence-electron chi connectivity index (χ1n) is 6.20. The average molecular weight is 259 g/mol. The lowest BCUT2D eigenvalue weighted by Crippen LogP contribution is -2.27. The molecule has 0 aliphatic carbocycles. The van der Waals surface area contributed by atoms with Crippen LogP contribution in [0.15, 0.2) is 36.9 Å². The molecule has 5 nitrogen and oxygen atoms in total.